The zero-order chi connectivity index (χ0) is 42.7. The standard InChI is InChI=1S/C40H47N9O10/c1-40(2,57)32-21-44-47-49(32)28-19-31(36(53)45-29(33(50)34(41)51)14-8-9-17-58-38(42)55)48(22-28)37(54)30(20-43-39(56)59-23-24-10-4-3-5-11-24)46-35(52)27-16-15-25-12-6-7-13-26(25)18-27/h3-7,10-13,15-16,18,21,28-31,57H,8-9,14,17,19-20,22-23H2,1-2H3,(H2,41,51)(H2,42,55)(H,43,56)(H,45,53)(H,46,52)/t28-,29?,30+,31-/m0/s1. The summed E-state index contributed by atoms with van der Waals surface area (Å²) in [5.41, 5.74) is 10.1. The zero-order valence-electron chi connectivity index (χ0n) is 32.5. The maximum atomic E-state index is 14.7. The van der Waals surface area contributed by atoms with Crippen LogP contribution >= 0.6 is 0 Å². The van der Waals surface area contributed by atoms with Crippen LogP contribution < -0.4 is 27.4 Å². The summed E-state index contributed by atoms with van der Waals surface area (Å²) in [7, 11) is 0. The number of nitrogens with two attached hydrogens (primary N) is 2. The highest BCUT2D eigenvalue weighted by molar-refractivity contribution is 6.37. The van der Waals surface area contributed by atoms with Crippen LogP contribution in [0.1, 0.15) is 67.2 Å². The van der Waals surface area contributed by atoms with Crippen molar-refractivity contribution < 1.29 is 48.1 Å². The number of benzene rings is 3. The number of aliphatic hydroxyl groups is 1. The molecule has 1 aliphatic heterocycles. The fourth-order valence-electron chi connectivity index (χ4n) is 6.70. The molecule has 4 aromatic rings. The van der Waals surface area contributed by atoms with Gasteiger partial charge in [0.1, 0.15) is 24.3 Å². The van der Waals surface area contributed by atoms with Gasteiger partial charge in [0.15, 0.2) is 0 Å². The number of carbonyl (C=O) groups is 7. The number of alkyl carbamates (subject to hydrolysis) is 1. The van der Waals surface area contributed by atoms with E-state index in [-0.39, 0.29) is 56.7 Å². The molecule has 6 amide bonds. The number of hydrogen-bond acceptors (Lipinski definition) is 12. The number of ether oxygens (including phenoxy) is 2. The van der Waals surface area contributed by atoms with Crippen LogP contribution in [-0.4, -0.2) is 104 Å². The summed E-state index contributed by atoms with van der Waals surface area (Å²) in [5.74, 6) is -4.69. The maximum absolute atomic E-state index is 14.7. The van der Waals surface area contributed by atoms with Gasteiger partial charge in [-0.2, -0.15) is 0 Å². The van der Waals surface area contributed by atoms with Crippen molar-refractivity contribution in [3.8, 4) is 0 Å². The van der Waals surface area contributed by atoms with Crippen LogP contribution in [0.15, 0.2) is 79.0 Å². The molecule has 1 aliphatic rings. The Labute approximate surface area is 338 Å². The minimum absolute atomic E-state index is 0.0738. The number of nitrogens with one attached hydrogen (secondary N) is 3. The smallest absolute Gasteiger partial charge is 0.407 e. The minimum Gasteiger partial charge on any atom is -0.450 e. The van der Waals surface area contributed by atoms with E-state index < -0.39 is 77.9 Å². The summed E-state index contributed by atoms with van der Waals surface area (Å²) in [6.45, 7) is 2.22. The molecule has 0 aliphatic carbocycles. The zero-order valence-corrected chi connectivity index (χ0v) is 32.5. The van der Waals surface area contributed by atoms with Crippen LogP contribution in [0.5, 0.6) is 0 Å². The third-order valence-corrected chi connectivity index (χ3v) is 9.70. The van der Waals surface area contributed by atoms with E-state index in [1.807, 2.05) is 30.3 Å². The number of carbonyl (C=O) groups excluding carboxylic acids is 7. The van der Waals surface area contributed by atoms with Gasteiger partial charge in [-0.1, -0.05) is 65.9 Å². The third kappa shape index (κ3) is 11.6. The number of rotatable bonds is 18. The fourth-order valence-corrected chi connectivity index (χ4v) is 6.70. The van der Waals surface area contributed by atoms with Crippen LogP contribution in [0.2, 0.25) is 0 Å². The molecule has 5 rings (SSSR count). The number of primary amides is 2. The molecule has 2 heterocycles. The summed E-state index contributed by atoms with van der Waals surface area (Å²) in [5, 5.41) is 28.4. The average Bonchev–Trinajstić information content (AvgIpc) is 3.89. The molecule has 0 radical (unpaired) electrons. The monoisotopic (exact) mass is 813 g/mol. The highest BCUT2D eigenvalue weighted by atomic mass is 16.5. The summed E-state index contributed by atoms with van der Waals surface area (Å²) in [6.07, 6.45) is -0.266. The van der Waals surface area contributed by atoms with Gasteiger partial charge in [0.25, 0.3) is 11.8 Å². The molecule has 3 aromatic carbocycles. The van der Waals surface area contributed by atoms with Crippen molar-refractivity contribution in [3.63, 3.8) is 0 Å². The van der Waals surface area contributed by atoms with Crippen LogP contribution in [0.4, 0.5) is 9.59 Å². The van der Waals surface area contributed by atoms with E-state index in [1.54, 1.807) is 42.5 Å². The summed E-state index contributed by atoms with van der Waals surface area (Å²) in [4.78, 5) is 92.6. The molecule has 1 fully saturated rings. The molecule has 8 N–H and O–H groups in total. The molecular formula is C40H47N9O10. The first-order valence-electron chi connectivity index (χ1n) is 18.9. The lowest BCUT2D eigenvalue weighted by Gasteiger charge is -2.29. The van der Waals surface area contributed by atoms with Crippen molar-refractivity contribution in [3.05, 3.63) is 95.8 Å². The summed E-state index contributed by atoms with van der Waals surface area (Å²) in [6, 6.07) is 16.3. The second-order valence-corrected chi connectivity index (χ2v) is 14.5. The SMILES string of the molecule is CC(C)(O)c1cnnn1[C@H]1C[C@@H](C(=O)NC(CCCCOC(N)=O)C(=O)C(N)=O)N(C(=O)[C@@H](CNC(=O)OCc2ccccc2)NC(=O)c2ccc3ccccc3c2)C1. The third-order valence-electron chi connectivity index (χ3n) is 9.70. The molecule has 0 saturated carbocycles. The van der Waals surface area contributed by atoms with Gasteiger partial charge in [-0.05, 0) is 61.6 Å². The molecule has 59 heavy (non-hydrogen) atoms. The van der Waals surface area contributed by atoms with Gasteiger partial charge in [-0.15, -0.1) is 5.10 Å². The van der Waals surface area contributed by atoms with Crippen molar-refractivity contribution in [1.29, 1.82) is 0 Å². The fraction of sp³-hybridized carbons (Fsp3) is 0.375. The number of Topliss-reactive ketones (excluding diaryl/α,β-unsaturated/α-hetero) is 1. The van der Waals surface area contributed by atoms with E-state index in [1.165, 1.54) is 29.6 Å². The highest BCUT2D eigenvalue weighted by Crippen LogP contribution is 2.32. The van der Waals surface area contributed by atoms with Crippen LogP contribution in [-0.2, 0) is 40.9 Å². The van der Waals surface area contributed by atoms with Gasteiger partial charge in [-0.25, -0.2) is 14.3 Å². The van der Waals surface area contributed by atoms with E-state index in [2.05, 4.69) is 26.3 Å². The number of hydrogen-bond donors (Lipinski definition) is 6. The molecular weight excluding hydrogens is 766 g/mol. The molecule has 4 atom stereocenters. The van der Waals surface area contributed by atoms with Crippen molar-refractivity contribution in [2.45, 2.75) is 75.9 Å². The van der Waals surface area contributed by atoms with Gasteiger partial charge in [0.2, 0.25) is 17.6 Å². The minimum atomic E-state index is -1.47. The number of ketones is 1. The second-order valence-electron chi connectivity index (χ2n) is 14.5. The van der Waals surface area contributed by atoms with Crippen molar-refractivity contribution in [1.82, 2.24) is 35.8 Å². The first kappa shape index (κ1) is 43.2. The Balaban J connectivity index is 1.43. The van der Waals surface area contributed by atoms with E-state index in [9.17, 15) is 38.7 Å². The Kier molecular flexibility index (Phi) is 14.3. The molecule has 312 valence electrons. The highest BCUT2D eigenvalue weighted by Gasteiger charge is 2.45. The summed E-state index contributed by atoms with van der Waals surface area (Å²) < 4.78 is 11.4. The lowest BCUT2D eigenvalue weighted by atomic mass is 10.0. The topological polar surface area (TPSA) is 280 Å². The van der Waals surface area contributed by atoms with E-state index in [0.29, 0.717) is 5.56 Å². The lowest BCUT2D eigenvalue weighted by molar-refractivity contribution is -0.142. The van der Waals surface area contributed by atoms with Crippen molar-refractivity contribution in [2.75, 3.05) is 19.7 Å². The number of fused-ring (bicyclic) bond motifs is 1. The van der Waals surface area contributed by atoms with Gasteiger partial charge >= 0.3 is 12.2 Å². The Bertz CT molecular complexity index is 2170. The number of nitrogens with zero attached hydrogens (tertiary/aromatic N) is 4. The number of likely N-dealkylation sites (tertiary alicyclic amines) is 1. The normalized spacial score (nSPS) is 16.1. The van der Waals surface area contributed by atoms with Crippen LogP contribution in [0.3, 0.4) is 0 Å². The van der Waals surface area contributed by atoms with E-state index >= 15 is 0 Å². The lowest BCUT2D eigenvalue weighted by Crippen LogP contribution is -2.58. The number of amides is 6. The molecule has 1 unspecified atom stereocenters. The second kappa shape index (κ2) is 19.5. The average molecular weight is 814 g/mol. The molecule has 19 nitrogen and oxygen atoms in total. The predicted molar refractivity (Wildman–Crippen MR) is 210 cm³/mol. The van der Waals surface area contributed by atoms with Gasteiger partial charge in [0, 0.05) is 18.5 Å². The van der Waals surface area contributed by atoms with Crippen LogP contribution in [0.25, 0.3) is 10.8 Å². The molecule has 1 saturated heterocycles. The molecule has 0 bridgehead atoms. The quantitative estimate of drug-likeness (QED) is 0.0613. The Morgan fingerprint density at radius 3 is 2.31 bits per heavy atom. The van der Waals surface area contributed by atoms with Crippen LogP contribution in [0, 0.1) is 0 Å². The first-order chi connectivity index (χ1) is 28.1. The van der Waals surface area contributed by atoms with Crippen molar-refractivity contribution in [2.24, 2.45) is 11.5 Å². The molecule has 0 spiro atoms. The number of aromatic nitrogens is 3. The van der Waals surface area contributed by atoms with Gasteiger partial charge < -0.3 is 46.9 Å². The molecule has 19 heteroatoms. The molecule has 1 aromatic heterocycles. The largest absolute Gasteiger partial charge is 0.450 e. The maximum Gasteiger partial charge on any atom is 0.407 e. The Hall–Kier alpha value is -6.89. The van der Waals surface area contributed by atoms with E-state index in [4.69, 9.17) is 20.9 Å². The van der Waals surface area contributed by atoms with Crippen molar-refractivity contribution >= 4 is 52.4 Å². The van der Waals surface area contributed by atoms with E-state index in [0.717, 1.165) is 10.8 Å². The summed E-state index contributed by atoms with van der Waals surface area (Å²) >= 11 is 0. The van der Waals surface area contributed by atoms with Gasteiger partial charge in [0.05, 0.1) is 37.1 Å². The Morgan fingerprint density at radius 2 is 1.61 bits per heavy atom. The first-order valence-corrected chi connectivity index (χ1v) is 18.9. The number of unbranched alkanes of at least 4 members (excludes halogenated alkanes) is 1. The Morgan fingerprint density at radius 1 is 0.898 bits per heavy atom. The predicted octanol–water partition coefficient (Wildman–Crippen LogP) is 1.33. The van der Waals surface area contributed by atoms with Gasteiger partial charge in [-0.3, -0.25) is 24.0 Å².